The molecule has 2 aromatic heterocycles. The average molecular weight is 402 g/mol. The molecule has 9 nitrogen and oxygen atoms in total. The summed E-state index contributed by atoms with van der Waals surface area (Å²) in [7, 11) is 0. The van der Waals surface area contributed by atoms with Gasteiger partial charge in [-0.2, -0.15) is 0 Å². The highest BCUT2D eigenvalue weighted by Crippen LogP contribution is 2.33. The van der Waals surface area contributed by atoms with Crippen LogP contribution in [0.5, 0.6) is 5.88 Å². The first-order chi connectivity index (χ1) is 13.5. The summed E-state index contributed by atoms with van der Waals surface area (Å²) in [4.78, 5) is 35.3. The lowest BCUT2D eigenvalue weighted by Gasteiger charge is -2.08. The fourth-order valence-corrected chi connectivity index (χ4v) is 3.16. The molecule has 3 rings (SSSR count). The highest BCUT2D eigenvalue weighted by molar-refractivity contribution is 7.13. The first kappa shape index (κ1) is 19.1. The third-order valence-corrected chi connectivity index (χ3v) is 4.53. The van der Waals surface area contributed by atoms with Gasteiger partial charge in [-0.3, -0.25) is 4.79 Å². The molecule has 0 spiro atoms. The van der Waals surface area contributed by atoms with Gasteiger partial charge in [-0.25, -0.2) is 9.59 Å². The Morgan fingerprint density at radius 2 is 1.86 bits per heavy atom. The van der Waals surface area contributed by atoms with Crippen molar-refractivity contribution in [1.82, 2.24) is 10.5 Å². The second kappa shape index (κ2) is 8.35. The van der Waals surface area contributed by atoms with Crippen LogP contribution in [0.2, 0.25) is 0 Å². The van der Waals surface area contributed by atoms with Gasteiger partial charge in [-0.1, -0.05) is 18.2 Å². The van der Waals surface area contributed by atoms with Crippen molar-refractivity contribution in [3.63, 3.8) is 0 Å². The number of thiophene rings is 1. The summed E-state index contributed by atoms with van der Waals surface area (Å²) in [6.45, 7) is -0.725. The van der Waals surface area contributed by atoms with Crippen LogP contribution in [-0.4, -0.2) is 39.8 Å². The fourth-order valence-electron chi connectivity index (χ4n) is 2.43. The molecule has 0 atom stereocenters. The van der Waals surface area contributed by atoms with Crippen molar-refractivity contribution in [2.24, 2.45) is 0 Å². The molecule has 0 unspecified atom stereocenters. The van der Waals surface area contributed by atoms with Crippen molar-refractivity contribution in [3.05, 3.63) is 58.5 Å². The third kappa shape index (κ3) is 4.18. The molecule has 0 radical (unpaired) electrons. The van der Waals surface area contributed by atoms with Gasteiger partial charge in [-0.05, 0) is 28.7 Å². The van der Waals surface area contributed by atoms with E-state index in [1.54, 1.807) is 18.2 Å². The Bertz CT molecular complexity index is 1010. The zero-order valence-corrected chi connectivity index (χ0v) is 15.1. The third-order valence-electron chi connectivity index (χ3n) is 3.66. The van der Waals surface area contributed by atoms with Crippen LogP contribution < -0.4 is 10.1 Å². The van der Waals surface area contributed by atoms with Gasteiger partial charge in [0.15, 0.2) is 12.4 Å². The van der Waals surface area contributed by atoms with Crippen molar-refractivity contribution in [2.45, 2.75) is 6.54 Å². The minimum absolute atomic E-state index is 0.00266. The number of hydrogen-bond acceptors (Lipinski definition) is 7. The van der Waals surface area contributed by atoms with Gasteiger partial charge in [0.1, 0.15) is 0 Å². The number of aliphatic carboxylic acids is 1. The molecule has 10 heteroatoms. The Labute approximate surface area is 162 Å². The molecule has 3 aromatic rings. The highest BCUT2D eigenvalue weighted by Gasteiger charge is 2.22. The van der Waals surface area contributed by atoms with E-state index >= 15 is 0 Å². The summed E-state index contributed by atoms with van der Waals surface area (Å²) >= 11 is 1.37. The maximum absolute atomic E-state index is 12.5. The van der Waals surface area contributed by atoms with Gasteiger partial charge in [0.25, 0.3) is 11.8 Å². The number of carbonyl (C=O) groups is 3. The second-order valence-electron chi connectivity index (χ2n) is 5.49. The monoisotopic (exact) mass is 402 g/mol. The minimum Gasteiger partial charge on any atom is -0.479 e. The second-order valence-corrected chi connectivity index (χ2v) is 6.44. The van der Waals surface area contributed by atoms with Crippen molar-refractivity contribution in [1.29, 1.82) is 0 Å². The summed E-state index contributed by atoms with van der Waals surface area (Å²) in [6.07, 6.45) is 0. The number of benzene rings is 1. The van der Waals surface area contributed by atoms with Crippen LogP contribution in [0.3, 0.4) is 0 Å². The Morgan fingerprint density at radius 3 is 2.50 bits per heavy atom. The number of rotatable bonds is 8. The lowest BCUT2D eigenvalue weighted by Crippen LogP contribution is -2.25. The van der Waals surface area contributed by atoms with Crippen molar-refractivity contribution < 1.29 is 33.9 Å². The summed E-state index contributed by atoms with van der Waals surface area (Å²) in [6, 6.07) is 9.37. The lowest BCUT2D eigenvalue weighted by atomic mass is 10.1. The number of ether oxygens (including phenoxy) is 1. The van der Waals surface area contributed by atoms with E-state index in [1.807, 2.05) is 5.38 Å². The van der Waals surface area contributed by atoms with Gasteiger partial charge in [-0.15, -0.1) is 11.3 Å². The quantitative estimate of drug-likeness (QED) is 0.522. The molecular weight excluding hydrogens is 388 g/mol. The normalized spacial score (nSPS) is 10.4. The molecule has 0 aliphatic carbocycles. The van der Waals surface area contributed by atoms with E-state index in [2.05, 4.69) is 10.5 Å². The van der Waals surface area contributed by atoms with Crippen LogP contribution in [0.25, 0.3) is 10.6 Å². The number of aromatic carboxylic acids is 1. The molecule has 0 saturated heterocycles. The predicted molar refractivity (Wildman–Crippen MR) is 97.5 cm³/mol. The smallest absolute Gasteiger partial charge is 0.341 e. The maximum Gasteiger partial charge on any atom is 0.341 e. The fraction of sp³-hybridized carbons (Fsp3) is 0.111. The van der Waals surface area contributed by atoms with Crippen molar-refractivity contribution in [2.75, 3.05) is 6.61 Å². The number of nitrogens with zero attached hydrogens (tertiary/aromatic N) is 1. The summed E-state index contributed by atoms with van der Waals surface area (Å²) in [5.41, 5.74) is 0.216. The molecule has 0 saturated carbocycles. The van der Waals surface area contributed by atoms with E-state index in [1.165, 1.54) is 29.5 Å². The first-order valence-electron chi connectivity index (χ1n) is 7.95. The summed E-state index contributed by atoms with van der Waals surface area (Å²) in [5, 5.41) is 26.2. The lowest BCUT2D eigenvalue weighted by molar-refractivity contribution is -0.139. The standard InChI is InChI=1S/C18H14N2O7S/c21-14(22)9-26-17-12(15(27-20-17)13-6-3-7-28-13)8-19-16(23)10-4-1-2-5-11(10)18(24)25/h1-7H,8-9H2,(H,19,23)(H,21,22)(H,24,25). The molecule has 144 valence electrons. The van der Waals surface area contributed by atoms with Crippen molar-refractivity contribution in [3.8, 4) is 16.5 Å². The van der Waals surface area contributed by atoms with Gasteiger partial charge in [0.2, 0.25) is 0 Å². The van der Waals surface area contributed by atoms with Gasteiger partial charge in [0.05, 0.1) is 28.1 Å². The molecule has 0 aliphatic rings. The summed E-state index contributed by atoms with van der Waals surface area (Å²) < 4.78 is 10.4. The molecule has 1 aromatic carbocycles. The Balaban J connectivity index is 1.85. The van der Waals surface area contributed by atoms with E-state index in [-0.39, 0.29) is 23.6 Å². The topological polar surface area (TPSA) is 139 Å². The molecule has 0 aliphatic heterocycles. The average Bonchev–Trinajstić information content (AvgIpc) is 3.33. The number of aromatic nitrogens is 1. The van der Waals surface area contributed by atoms with Crippen LogP contribution in [-0.2, 0) is 11.3 Å². The molecule has 0 bridgehead atoms. The molecule has 28 heavy (non-hydrogen) atoms. The van der Waals surface area contributed by atoms with E-state index in [0.717, 1.165) is 0 Å². The van der Waals surface area contributed by atoms with Crippen LogP contribution in [0.4, 0.5) is 0 Å². The number of hydrogen-bond donors (Lipinski definition) is 3. The minimum atomic E-state index is -1.22. The molecule has 1 amide bonds. The number of carboxylic acid groups (broad SMARTS) is 2. The summed E-state index contributed by atoms with van der Waals surface area (Å²) in [5.74, 6) is -2.74. The van der Waals surface area contributed by atoms with E-state index < -0.39 is 24.5 Å². The van der Waals surface area contributed by atoms with Crippen molar-refractivity contribution >= 4 is 29.2 Å². The molecule has 2 heterocycles. The number of amides is 1. The van der Waals surface area contributed by atoms with Gasteiger partial charge in [0, 0.05) is 0 Å². The maximum atomic E-state index is 12.5. The van der Waals surface area contributed by atoms with Gasteiger partial charge < -0.3 is 24.8 Å². The van der Waals surface area contributed by atoms with Crippen LogP contribution >= 0.6 is 11.3 Å². The van der Waals surface area contributed by atoms with E-state index in [9.17, 15) is 19.5 Å². The Hall–Kier alpha value is -3.66. The number of nitrogens with one attached hydrogen (secondary N) is 1. The first-order valence-corrected chi connectivity index (χ1v) is 8.83. The number of carboxylic acids is 2. The zero-order valence-electron chi connectivity index (χ0n) is 14.2. The molecular formula is C18H14N2O7S. The number of carbonyl (C=O) groups excluding carboxylic acids is 1. The highest BCUT2D eigenvalue weighted by atomic mass is 32.1. The SMILES string of the molecule is O=C(O)COc1noc(-c2cccs2)c1CNC(=O)c1ccccc1C(=O)O. The van der Waals surface area contributed by atoms with Gasteiger partial charge >= 0.3 is 11.9 Å². The molecule has 3 N–H and O–H groups in total. The Morgan fingerprint density at radius 1 is 1.11 bits per heavy atom. The molecule has 0 fully saturated rings. The van der Waals surface area contributed by atoms with Crippen LogP contribution in [0.15, 0.2) is 46.3 Å². The van der Waals surface area contributed by atoms with Crippen LogP contribution in [0, 0.1) is 0 Å². The Kier molecular flexibility index (Phi) is 5.70. The largest absolute Gasteiger partial charge is 0.479 e. The zero-order chi connectivity index (χ0) is 20.1. The van der Waals surface area contributed by atoms with Crippen LogP contribution in [0.1, 0.15) is 26.3 Å². The van der Waals surface area contributed by atoms with E-state index in [4.69, 9.17) is 14.4 Å². The predicted octanol–water partition coefficient (Wildman–Crippen LogP) is 2.49. The van der Waals surface area contributed by atoms with E-state index in [0.29, 0.717) is 16.2 Å².